The second kappa shape index (κ2) is 5.50. The van der Waals surface area contributed by atoms with Crippen LogP contribution in [-0.2, 0) is 6.61 Å². The molecule has 0 aliphatic heterocycles. The monoisotopic (exact) mass is 292 g/mol. The molecule has 3 nitrogen and oxygen atoms in total. The summed E-state index contributed by atoms with van der Waals surface area (Å²) in [6.45, 7) is 2.76. The van der Waals surface area contributed by atoms with Gasteiger partial charge >= 0.3 is 0 Å². The van der Waals surface area contributed by atoms with Crippen molar-refractivity contribution in [2.24, 2.45) is 0 Å². The van der Waals surface area contributed by atoms with Crippen molar-refractivity contribution in [2.45, 2.75) is 32.3 Å². The van der Waals surface area contributed by atoms with E-state index in [1.54, 1.807) is 6.07 Å². The van der Waals surface area contributed by atoms with E-state index in [-0.39, 0.29) is 12.4 Å². The number of aromatic nitrogens is 1. The first-order valence-corrected chi connectivity index (χ1v) is 7.68. The maximum absolute atomic E-state index is 13.4. The molecule has 20 heavy (non-hydrogen) atoms. The molecule has 2 aromatic rings. The van der Waals surface area contributed by atoms with Crippen LogP contribution >= 0.6 is 11.3 Å². The molecule has 5 heteroatoms. The molecule has 0 radical (unpaired) electrons. The normalized spacial score (nSPS) is 14.6. The van der Waals surface area contributed by atoms with E-state index in [0.29, 0.717) is 12.5 Å². The van der Waals surface area contributed by atoms with E-state index >= 15 is 0 Å². The summed E-state index contributed by atoms with van der Waals surface area (Å²) >= 11 is 1.50. The minimum absolute atomic E-state index is 0.0319. The first-order chi connectivity index (χ1) is 9.72. The molecule has 1 N–H and O–H groups in total. The van der Waals surface area contributed by atoms with Gasteiger partial charge in [0.25, 0.3) is 0 Å². The van der Waals surface area contributed by atoms with Crippen LogP contribution in [0.15, 0.2) is 24.3 Å². The SMILES string of the molecule is CCN(c1cccc(F)c1)c1nc(C2CC2)c(CO)s1. The Kier molecular flexibility index (Phi) is 3.72. The Balaban J connectivity index is 1.96. The summed E-state index contributed by atoms with van der Waals surface area (Å²) in [5.41, 5.74) is 1.83. The number of anilines is 2. The van der Waals surface area contributed by atoms with Crippen molar-refractivity contribution in [2.75, 3.05) is 11.4 Å². The molecule has 0 atom stereocenters. The Morgan fingerprint density at radius 1 is 1.45 bits per heavy atom. The van der Waals surface area contributed by atoms with Crippen LogP contribution in [0, 0.1) is 5.82 Å². The molecular formula is C15H17FN2OS. The molecule has 1 aliphatic rings. The summed E-state index contributed by atoms with van der Waals surface area (Å²) in [6, 6.07) is 6.54. The van der Waals surface area contributed by atoms with Crippen LogP contribution in [0.2, 0.25) is 0 Å². The van der Waals surface area contributed by atoms with Gasteiger partial charge in [0.05, 0.1) is 17.2 Å². The van der Waals surface area contributed by atoms with E-state index in [2.05, 4.69) is 4.98 Å². The van der Waals surface area contributed by atoms with E-state index < -0.39 is 0 Å². The van der Waals surface area contributed by atoms with Crippen LogP contribution in [0.5, 0.6) is 0 Å². The van der Waals surface area contributed by atoms with Gasteiger partial charge in [-0.05, 0) is 38.0 Å². The second-order valence-corrected chi connectivity index (χ2v) is 6.02. The molecule has 1 aromatic carbocycles. The quantitative estimate of drug-likeness (QED) is 0.910. The number of halogens is 1. The largest absolute Gasteiger partial charge is 0.391 e. The highest BCUT2D eigenvalue weighted by Gasteiger charge is 2.30. The van der Waals surface area contributed by atoms with Crippen molar-refractivity contribution >= 4 is 22.2 Å². The lowest BCUT2D eigenvalue weighted by Gasteiger charge is -2.19. The van der Waals surface area contributed by atoms with Gasteiger partial charge < -0.3 is 10.0 Å². The lowest BCUT2D eigenvalue weighted by atomic mass is 10.2. The van der Waals surface area contributed by atoms with Gasteiger partial charge in [0.1, 0.15) is 5.82 Å². The van der Waals surface area contributed by atoms with Crippen molar-refractivity contribution in [3.63, 3.8) is 0 Å². The fourth-order valence-corrected chi connectivity index (χ4v) is 3.42. The molecule has 3 rings (SSSR count). The van der Waals surface area contributed by atoms with Crippen LogP contribution in [0.25, 0.3) is 0 Å². The summed E-state index contributed by atoms with van der Waals surface area (Å²) in [4.78, 5) is 7.61. The predicted octanol–water partition coefficient (Wildman–Crippen LogP) is 3.81. The molecule has 0 unspecified atom stereocenters. The number of nitrogens with zero attached hydrogens (tertiary/aromatic N) is 2. The number of hydrogen-bond acceptors (Lipinski definition) is 4. The molecule has 106 valence electrons. The van der Waals surface area contributed by atoms with Gasteiger partial charge in [0.2, 0.25) is 0 Å². The molecular weight excluding hydrogens is 275 g/mol. The predicted molar refractivity (Wildman–Crippen MR) is 79.1 cm³/mol. The number of thiazole rings is 1. The van der Waals surface area contributed by atoms with E-state index in [1.165, 1.54) is 23.5 Å². The van der Waals surface area contributed by atoms with E-state index in [0.717, 1.165) is 34.2 Å². The van der Waals surface area contributed by atoms with Crippen molar-refractivity contribution < 1.29 is 9.50 Å². The van der Waals surface area contributed by atoms with Gasteiger partial charge in [-0.1, -0.05) is 17.4 Å². The number of hydrogen-bond donors (Lipinski definition) is 1. The maximum atomic E-state index is 13.4. The topological polar surface area (TPSA) is 36.4 Å². The number of rotatable bonds is 5. The molecule has 0 saturated heterocycles. The molecule has 1 heterocycles. The lowest BCUT2D eigenvalue weighted by molar-refractivity contribution is 0.284. The third-order valence-corrected chi connectivity index (χ3v) is 4.57. The van der Waals surface area contributed by atoms with Crippen LogP contribution in [0.4, 0.5) is 15.2 Å². The zero-order valence-corrected chi connectivity index (χ0v) is 12.2. The molecule has 0 spiro atoms. The van der Waals surface area contributed by atoms with Crippen molar-refractivity contribution in [3.05, 3.63) is 40.7 Å². The highest BCUT2D eigenvalue weighted by Crippen LogP contribution is 2.44. The molecule has 1 saturated carbocycles. The third-order valence-electron chi connectivity index (χ3n) is 3.49. The fourth-order valence-electron chi connectivity index (χ4n) is 2.33. The first-order valence-electron chi connectivity index (χ1n) is 6.86. The van der Waals surface area contributed by atoms with Crippen molar-refractivity contribution in [1.29, 1.82) is 0 Å². The van der Waals surface area contributed by atoms with Gasteiger partial charge in [-0.25, -0.2) is 9.37 Å². The maximum Gasteiger partial charge on any atom is 0.190 e. The highest BCUT2D eigenvalue weighted by molar-refractivity contribution is 7.15. The second-order valence-electron chi connectivity index (χ2n) is 4.96. The van der Waals surface area contributed by atoms with Gasteiger partial charge in [0.15, 0.2) is 5.13 Å². The van der Waals surface area contributed by atoms with Crippen LogP contribution < -0.4 is 4.90 Å². The van der Waals surface area contributed by atoms with Gasteiger partial charge in [0, 0.05) is 18.2 Å². The van der Waals surface area contributed by atoms with Crippen LogP contribution in [0.1, 0.15) is 36.3 Å². The molecule has 1 aliphatic carbocycles. The Morgan fingerprint density at radius 2 is 2.25 bits per heavy atom. The number of aliphatic hydroxyl groups excluding tert-OH is 1. The van der Waals surface area contributed by atoms with Gasteiger partial charge in [-0.2, -0.15) is 0 Å². The average molecular weight is 292 g/mol. The average Bonchev–Trinajstić information content (AvgIpc) is 3.20. The zero-order chi connectivity index (χ0) is 14.1. The number of aliphatic hydroxyl groups is 1. The molecule has 1 aromatic heterocycles. The zero-order valence-electron chi connectivity index (χ0n) is 11.3. The summed E-state index contributed by atoms with van der Waals surface area (Å²) < 4.78 is 13.4. The Hall–Kier alpha value is -1.46. The molecule has 1 fully saturated rings. The van der Waals surface area contributed by atoms with E-state index in [4.69, 9.17) is 0 Å². The van der Waals surface area contributed by atoms with Crippen molar-refractivity contribution in [1.82, 2.24) is 4.98 Å². The first kappa shape index (κ1) is 13.5. The minimum atomic E-state index is -0.248. The van der Waals surface area contributed by atoms with Crippen LogP contribution in [0.3, 0.4) is 0 Å². The summed E-state index contributed by atoms with van der Waals surface area (Å²) in [5.74, 6) is 0.260. The standard InChI is InChI=1S/C15H17FN2OS/c1-2-18(12-5-3-4-11(16)8-12)15-17-14(10-6-7-10)13(9-19)20-15/h3-5,8,10,19H,2,6-7,9H2,1H3. The van der Waals surface area contributed by atoms with Gasteiger partial charge in [-0.3, -0.25) is 0 Å². The smallest absolute Gasteiger partial charge is 0.190 e. The number of benzene rings is 1. The van der Waals surface area contributed by atoms with E-state index in [9.17, 15) is 9.50 Å². The van der Waals surface area contributed by atoms with Crippen molar-refractivity contribution in [3.8, 4) is 0 Å². The summed E-state index contributed by atoms with van der Waals surface area (Å²) in [7, 11) is 0. The summed E-state index contributed by atoms with van der Waals surface area (Å²) in [5, 5.41) is 10.3. The fraction of sp³-hybridized carbons (Fsp3) is 0.400. The molecule has 0 amide bonds. The van der Waals surface area contributed by atoms with Crippen LogP contribution in [-0.4, -0.2) is 16.6 Å². The Labute approximate surface area is 121 Å². The minimum Gasteiger partial charge on any atom is -0.391 e. The van der Waals surface area contributed by atoms with Gasteiger partial charge in [-0.15, -0.1) is 0 Å². The third kappa shape index (κ3) is 2.55. The Morgan fingerprint density at radius 3 is 2.85 bits per heavy atom. The lowest BCUT2D eigenvalue weighted by Crippen LogP contribution is -2.15. The molecule has 0 bridgehead atoms. The summed E-state index contributed by atoms with van der Waals surface area (Å²) in [6.07, 6.45) is 2.31. The highest BCUT2D eigenvalue weighted by atomic mass is 32.1. The Bertz CT molecular complexity index is 610. The van der Waals surface area contributed by atoms with E-state index in [1.807, 2.05) is 17.9 Å².